The summed E-state index contributed by atoms with van der Waals surface area (Å²) in [5, 5.41) is 0. The van der Waals surface area contributed by atoms with Crippen molar-refractivity contribution in [1.29, 1.82) is 0 Å². The molecule has 0 aromatic carbocycles. The average Bonchev–Trinajstić information content (AvgIpc) is 2.75. The predicted octanol–water partition coefficient (Wildman–Crippen LogP) is 1.73. The van der Waals surface area contributed by atoms with Crippen molar-refractivity contribution in [2.24, 2.45) is 0 Å². The van der Waals surface area contributed by atoms with E-state index < -0.39 is 6.17 Å². The van der Waals surface area contributed by atoms with Crippen molar-refractivity contribution < 1.29 is 4.39 Å². The Balaban J connectivity index is 1.92. The van der Waals surface area contributed by atoms with Gasteiger partial charge in [-0.25, -0.2) is 9.37 Å². The lowest BCUT2D eigenvalue weighted by Crippen LogP contribution is -2.35. The summed E-state index contributed by atoms with van der Waals surface area (Å²) in [4.78, 5) is 9.05. The van der Waals surface area contributed by atoms with Gasteiger partial charge in [-0.3, -0.25) is 4.90 Å². The number of hydrogen-bond donors (Lipinski definition) is 1. The zero-order valence-electron chi connectivity index (χ0n) is 8.41. The molecule has 1 aliphatic rings. The van der Waals surface area contributed by atoms with Gasteiger partial charge in [0.2, 0.25) is 0 Å². The van der Waals surface area contributed by atoms with E-state index in [1.165, 1.54) is 0 Å². The second kappa shape index (κ2) is 4.09. The van der Waals surface area contributed by atoms with Gasteiger partial charge in [-0.05, 0) is 26.3 Å². The molecule has 0 radical (unpaired) electrons. The van der Waals surface area contributed by atoms with E-state index in [9.17, 15) is 4.39 Å². The molecule has 2 rings (SSSR count). The third kappa shape index (κ3) is 1.95. The summed E-state index contributed by atoms with van der Waals surface area (Å²) in [6.45, 7) is 0.755. The quantitative estimate of drug-likeness (QED) is 0.800. The molecule has 0 amide bonds. The van der Waals surface area contributed by atoms with Crippen LogP contribution in [0.5, 0.6) is 0 Å². The van der Waals surface area contributed by atoms with E-state index in [0.29, 0.717) is 0 Å². The summed E-state index contributed by atoms with van der Waals surface area (Å²) in [6, 6.07) is 0.0956. The number of halogens is 1. The number of alkyl halides is 1. The number of aromatic nitrogens is 2. The van der Waals surface area contributed by atoms with Gasteiger partial charge in [0.1, 0.15) is 6.17 Å². The molecule has 1 saturated carbocycles. The Morgan fingerprint density at radius 3 is 3.07 bits per heavy atom. The van der Waals surface area contributed by atoms with Crippen molar-refractivity contribution in [3.63, 3.8) is 0 Å². The Kier molecular flexibility index (Phi) is 2.82. The maximum Gasteiger partial charge on any atom is 0.116 e. The lowest BCUT2D eigenvalue weighted by Gasteiger charge is -2.25. The highest BCUT2D eigenvalue weighted by molar-refractivity contribution is 4.95. The molecule has 0 saturated heterocycles. The lowest BCUT2D eigenvalue weighted by atomic mass is 10.2. The molecule has 1 aromatic heterocycles. The summed E-state index contributed by atoms with van der Waals surface area (Å²) in [7, 11) is 1.98. The van der Waals surface area contributed by atoms with Gasteiger partial charge < -0.3 is 4.98 Å². The lowest BCUT2D eigenvalue weighted by molar-refractivity contribution is 0.152. The normalized spacial score (nSPS) is 27.4. The minimum atomic E-state index is -0.650. The van der Waals surface area contributed by atoms with E-state index in [2.05, 4.69) is 14.9 Å². The van der Waals surface area contributed by atoms with Crippen LogP contribution in [0.2, 0.25) is 0 Å². The zero-order chi connectivity index (χ0) is 9.97. The first-order valence-corrected chi connectivity index (χ1v) is 5.09. The van der Waals surface area contributed by atoms with Crippen LogP contribution < -0.4 is 0 Å². The van der Waals surface area contributed by atoms with Crippen molar-refractivity contribution in [2.45, 2.75) is 38.0 Å². The molecule has 0 unspecified atom stereocenters. The van der Waals surface area contributed by atoms with Crippen molar-refractivity contribution in [2.75, 3.05) is 7.05 Å². The Morgan fingerprint density at radius 2 is 2.50 bits per heavy atom. The highest BCUT2D eigenvalue weighted by Crippen LogP contribution is 2.26. The number of hydrogen-bond acceptors (Lipinski definition) is 2. The molecular formula is C10H16FN3. The van der Waals surface area contributed by atoms with Gasteiger partial charge >= 0.3 is 0 Å². The minimum absolute atomic E-state index is 0.0956. The van der Waals surface area contributed by atoms with Crippen molar-refractivity contribution >= 4 is 0 Å². The Labute approximate surface area is 83.3 Å². The smallest absolute Gasteiger partial charge is 0.116 e. The predicted molar refractivity (Wildman–Crippen MR) is 52.6 cm³/mol. The Hall–Kier alpha value is -0.900. The molecule has 4 heteroatoms. The topological polar surface area (TPSA) is 31.9 Å². The molecule has 1 aromatic rings. The minimum Gasteiger partial charge on any atom is -0.347 e. The number of rotatable bonds is 3. The molecule has 1 aliphatic carbocycles. The molecule has 3 nitrogen and oxygen atoms in total. The van der Waals surface area contributed by atoms with Gasteiger partial charge in [-0.2, -0.15) is 0 Å². The van der Waals surface area contributed by atoms with Crippen LogP contribution in [0.1, 0.15) is 25.0 Å². The molecule has 78 valence electrons. The molecule has 14 heavy (non-hydrogen) atoms. The maximum atomic E-state index is 13.4. The van der Waals surface area contributed by atoms with E-state index in [4.69, 9.17) is 0 Å². The molecule has 0 bridgehead atoms. The van der Waals surface area contributed by atoms with Crippen LogP contribution in [0.4, 0.5) is 4.39 Å². The van der Waals surface area contributed by atoms with Crippen molar-refractivity contribution in [3.8, 4) is 0 Å². The fourth-order valence-corrected chi connectivity index (χ4v) is 2.15. The number of nitrogens with one attached hydrogen (secondary N) is 1. The van der Waals surface area contributed by atoms with Crippen LogP contribution in [-0.4, -0.2) is 34.1 Å². The Morgan fingerprint density at radius 1 is 1.64 bits per heavy atom. The molecule has 1 fully saturated rings. The fourth-order valence-electron chi connectivity index (χ4n) is 2.15. The second-order valence-corrected chi connectivity index (χ2v) is 4.01. The SMILES string of the molecule is CN(Cc1cnc[nH]1)[C@@H]1CCC[C@H]1F. The van der Waals surface area contributed by atoms with Crippen LogP contribution in [0, 0.1) is 0 Å². The van der Waals surface area contributed by atoms with Crippen LogP contribution >= 0.6 is 0 Å². The van der Waals surface area contributed by atoms with E-state index in [1.807, 2.05) is 7.05 Å². The van der Waals surface area contributed by atoms with Gasteiger partial charge in [0.15, 0.2) is 0 Å². The highest BCUT2D eigenvalue weighted by Gasteiger charge is 2.30. The number of aromatic amines is 1. The van der Waals surface area contributed by atoms with Crippen molar-refractivity contribution in [3.05, 3.63) is 18.2 Å². The van der Waals surface area contributed by atoms with E-state index in [-0.39, 0.29) is 6.04 Å². The molecular weight excluding hydrogens is 181 g/mol. The van der Waals surface area contributed by atoms with E-state index >= 15 is 0 Å². The first-order chi connectivity index (χ1) is 6.77. The van der Waals surface area contributed by atoms with E-state index in [0.717, 1.165) is 31.5 Å². The first-order valence-electron chi connectivity index (χ1n) is 5.09. The van der Waals surface area contributed by atoms with Crippen LogP contribution in [0.25, 0.3) is 0 Å². The summed E-state index contributed by atoms with van der Waals surface area (Å²) in [5.41, 5.74) is 1.05. The monoisotopic (exact) mass is 197 g/mol. The number of H-pyrrole nitrogens is 1. The molecule has 0 spiro atoms. The summed E-state index contributed by atoms with van der Waals surface area (Å²) in [6.07, 6.45) is 5.51. The third-order valence-electron chi connectivity index (χ3n) is 2.94. The van der Waals surface area contributed by atoms with Crippen LogP contribution in [-0.2, 0) is 6.54 Å². The van der Waals surface area contributed by atoms with Gasteiger partial charge in [-0.15, -0.1) is 0 Å². The fraction of sp³-hybridized carbons (Fsp3) is 0.700. The molecule has 1 heterocycles. The molecule has 1 N–H and O–H groups in total. The molecule has 2 atom stereocenters. The summed E-state index contributed by atoms with van der Waals surface area (Å²) in [5.74, 6) is 0. The van der Waals surface area contributed by atoms with Gasteiger partial charge in [0.05, 0.1) is 6.33 Å². The second-order valence-electron chi connectivity index (χ2n) is 4.01. The highest BCUT2D eigenvalue weighted by atomic mass is 19.1. The summed E-state index contributed by atoms with van der Waals surface area (Å²) >= 11 is 0. The van der Waals surface area contributed by atoms with Crippen molar-refractivity contribution in [1.82, 2.24) is 14.9 Å². The Bertz CT molecular complexity index is 273. The average molecular weight is 197 g/mol. The maximum absolute atomic E-state index is 13.4. The standard InChI is InChI=1S/C10H16FN3/c1-14(6-8-5-12-7-13-8)10-4-2-3-9(10)11/h5,7,9-10H,2-4,6H2,1H3,(H,12,13)/t9-,10-/m1/s1. The summed E-state index contributed by atoms with van der Waals surface area (Å²) < 4.78 is 13.4. The van der Waals surface area contributed by atoms with E-state index in [1.54, 1.807) is 12.5 Å². The van der Waals surface area contributed by atoms with Gasteiger partial charge in [0.25, 0.3) is 0 Å². The molecule has 0 aliphatic heterocycles. The first kappa shape index (κ1) is 9.65. The van der Waals surface area contributed by atoms with Gasteiger partial charge in [-0.1, -0.05) is 0 Å². The van der Waals surface area contributed by atoms with Gasteiger partial charge in [0, 0.05) is 24.5 Å². The largest absolute Gasteiger partial charge is 0.347 e. The van der Waals surface area contributed by atoms with Crippen LogP contribution in [0.15, 0.2) is 12.5 Å². The number of imidazole rings is 1. The zero-order valence-corrected chi connectivity index (χ0v) is 8.41. The number of nitrogens with zero attached hydrogens (tertiary/aromatic N) is 2. The van der Waals surface area contributed by atoms with Crippen LogP contribution in [0.3, 0.4) is 0 Å². The third-order valence-corrected chi connectivity index (χ3v) is 2.94.